The molecule has 0 bridgehead atoms. The van der Waals surface area contributed by atoms with Crippen molar-refractivity contribution in [3.8, 4) is 6.07 Å². The topological polar surface area (TPSA) is 107 Å². The van der Waals surface area contributed by atoms with E-state index >= 15 is 0 Å². The Hall–Kier alpha value is -1.91. The molecule has 1 aromatic rings. The molecular weight excluding hydrogens is 268 g/mol. The fourth-order valence-corrected chi connectivity index (χ4v) is 2.89. The van der Waals surface area contributed by atoms with Crippen LogP contribution in [0.2, 0.25) is 0 Å². The fraction of sp³-hybridized carbons (Fsp3) is 0.333. The molecule has 1 aromatic carbocycles. The van der Waals surface area contributed by atoms with E-state index in [4.69, 9.17) is 10.4 Å². The summed E-state index contributed by atoms with van der Waals surface area (Å²) in [4.78, 5) is 10.5. The maximum absolute atomic E-state index is 12.0. The lowest BCUT2D eigenvalue weighted by Gasteiger charge is -2.12. The van der Waals surface area contributed by atoms with Gasteiger partial charge >= 0.3 is 5.97 Å². The third-order valence-corrected chi connectivity index (χ3v) is 4.05. The second-order valence-electron chi connectivity index (χ2n) is 4.21. The zero-order valence-corrected chi connectivity index (χ0v) is 11.4. The van der Waals surface area contributed by atoms with Gasteiger partial charge in [0.15, 0.2) is 0 Å². The second kappa shape index (κ2) is 5.82. The fourth-order valence-electron chi connectivity index (χ4n) is 1.57. The van der Waals surface area contributed by atoms with Crippen LogP contribution in [-0.4, -0.2) is 25.5 Å². The standard InChI is InChI=1S/C12H14N2O4S/c1-8-5-11(4-3-10(8)7-13)19(17,18)14-9(2)6-12(15)16/h3-5,9,14H,6H2,1-2H3,(H,15,16). The molecule has 0 amide bonds. The van der Waals surface area contributed by atoms with Gasteiger partial charge < -0.3 is 5.11 Å². The Morgan fingerprint density at radius 1 is 1.53 bits per heavy atom. The Labute approximate surface area is 111 Å². The molecule has 0 aliphatic carbocycles. The molecule has 0 saturated carbocycles. The molecule has 0 aliphatic heterocycles. The number of carboxylic acids is 1. The molecule has 6 nitrogen and oxygen atoms in total. The lowest BCUT2D eigenvalue weighted by molar-refractivity contribution is -0.137. The van der Waals surface area contributed by atoms with Gasteiger partial charge in [0.2, 0.25) is 10.0 Å². The van der Waals surface area contributed by atoms with Gasteiger partial charge in [-0.2, -0.15) is 5.26 Å². The van der Waals surface area contributed by atoms with Gasteiger partial charge in [0, 0.05) is 6.04 Å². The van der Waals surface area contributed by atoms with Gasteiger partial charge in [-0.25, -0.2) is 13.1 Å². The monoisotopic (exact) mass is 282 g/mol. The second-order valence-corrected chi connectivity index (χ2v) is 5.92. The molecule has 0 saturated heterocycles. The quantitative estimate of drug-likeness (QED) is 0.838. The van der Waals surface area contributed by atoms with Crippen LogP contribution in [0, 0.1) is 18.3 Å². The minimum absolute atomic E-state index is 0.0150. The largest absolute Gasteiger partial charge is 0.481 e. The molecule has 0 heterocycles. The predicted octanol–water partition coefficient (Wildman–Crippen LogP) is 1.01. The predicted molar refractivity (Wildman–Crippen MR) is 67.9 cm³/mol. The summed E-state index contributed by atoms with van der Waals surface area (Å²) < 4.78 is 26.3. The van der Waals surface area contributed by atoms with E-state index in [-0.39, 0.29) is 11.3 Å². The number of nitrogens with zero attached hydrogens (tertiary/aromatic N) is 1. The Morgan fingerprint density at radius 2 is 2.16 bits per heavy atom. The molecule has 0 fully saturated rings. The van der Waals surface area contributed by atoms with Crippen LogP contribution in [0.25, 0.3) is 0 Å². The summed E-state index contributed by atoms with van der Waals surface area (Å²) in [5.41, 5.74) is 0.953. The zero-order valence-electron chi connectivity index (χ0n) is 10.5. The van der Waals surface area contributed by atoms with E-state index in [0.717, 1.165) is 0 Å². The average molecular weight is 282 g/mol. The number of aryl methyl sites for hydroxylation is 1. The van der Waals surface area contributed by atoms with Crippen LogP contribution < -0.4 is 4.72 Å². The number of nitriles is 1. The molecule has 0 aliphatic rings. The minimum atomic E-state index is -3.78. The number of carboxylic acid groups (broad SMARTS) is 1. The third kappa shape index (κ3) is 4.05. The number of carbonyl (C=O) groups is 1. The first-order valence-corrected chi connectivity index (χ1v) is 6.99. The van der Waals surface area contributed by atoms with Crippen LogP contribution in [0.5, 0.6) is 0 Å². The Kier molecular flexibility index (Phi) is 4.64. The molecule has 0 radical (unpaired) electrons. The van der Waals surface area contributed by atoms with Crippen LogP contribution >= 0.6 is 0 Å². The first-order valence-electron chi connectivity index (χ1n) is 5.51. The van der Waals surface area contributed by atoms with E-state index in [2.05, 4.69) is 4.72 Å². The van der Waals surface area contributed by atoms with Crippen LogP contribution in [0.3, 0.4) is 0 Å². The molecule has 19 heavy (non-hydrogen) atoms. The molecule has 0 spiro atoms. The highest BCUT2D eigenvalue weighted by Crippen LogP contribution is 2.15. The molecule has 1 atom stereocenters. The summed E-state index contributed by atoms with van der Waals surface area (Å²) in [5, 5.41) is 17.4. The summed E-state index contributed by atoms with van der Waals surface area (Å²) in [6, 6.07) is 5.36. The lowest BCUT2D eigenvalue weighted by Crippen LogP contribution is -2.34. The highest BCUT2D eigenvalue weighted by Gasteiger charge is 2.19. The maximum atomic E-state index is 12.0. The number of sulfonamides is 1. The van der Waals surface area contributed by atoms with Crippen molar-refractivity contribution in [2.24, 2.45) is 0 Å². The number of aliphatic carboxylic acids is 1. The van der Waals surface area contributed by atoms with Crippen LogP contribution in [-0.2, 0) is 14.8 Å². The zero-order chi connectivity index (χ0) is 14.6. The summed E-state index contributed by atoms with van der Waals surface area (Å²) >= 11 is 0. The van der Waals surface area contributed by atoms with E-state index in [0.29, 0.717) is 11.1 Å². The van der Waals surface area contributed by atoms with Gasteiger partial charge in [-0.15, -0.1) is 0 Å². The molecule has 1 unspecified atom stereocenters. The summed E-state index contributed by atoms with van der Waals surface area (Å²) in [7, 11) is -3.78. The summed E-state index contributed by atoms with van der Waals surface area (Å²) in [5.74, 6) is -1.08. The SMILES string of the molecule is Cc1cc(S(=O)(=O)NC(C)CC(=O)O)ccc1C#N. The van der Waals surface area contributed by atoms with Crippen LogP contribution in [0.4, 0.5) is 0 Å². The highest BCUT2D eigenvalue weighted by molar-refractivity contribution is 7.89. The van der Waals surface area contributed by atoms with Gasteiger partial charge in [-0.1, -0.05) is 0 Å². The molecule has 7 heteroatoms. The summed E-state index contributed by atoms with van der Waals surface area (Å²) in [6.45, 7) is 3.11. The van der Waals surface area contributed by atoms with Crippen LogP contribution in [0.1, 0.15) is 24.5 Å². The first-order chi connectivity index (χ1) is 8.76. The number of rotatable bonds is 5. The highest BCUT2D eigenvalue weighted by atomic mass is 32.2. The average Bonchev–Trinajstić information content (AvgIpc) is 2.26. The Bertz CT molecular complexity index is 632. The molecule has 1 rings (SSSR count). The number of nitrogens with one attached hydrogen (secondary N) is 1. The van der Waals surface area contributed by atoms with Crippen molar-refractivity contribution in [1.29, 1.82) is 5.26 Å². The molecule has 0 aromatic heterocycles. The van der Waals surface area contributed by atoms with Crippen LogP contribution in [0.15, 0.2) is 23.1 Å². The third-order valence-electron chi connectivity index (χ3n) is 2.47. The normalized spacial score (nSPS) is 12.7. The summed E-state index contributed by atoms with van der Waals surface area (Å²) in [6.07, 6.45) is -0.297. The van der Waals surface area contributed by atoms with Crippen molar-refractivity contribution in [1.82, 2.24) is 4.72 Å². The van der Waals surface area contributed by atoms with Crippen molar-refractivity contribution in [3.63, 3.8) is 0 Å². The van der Waals surface area contributed by atoms with E-state index < -0.39 is 22.0 Å². The van der Waals surface area contributed by atoms with Crippen molar-refractivity contribution in [2.45, 2.75) is 31.2 Å². The van der Waals surface area contributed by atoms with Gasteiger partial charge in [0.05, 0.1) is 22.9 Å². The number of hydrogen-bond donors (Lipinski definition) is 2. The number of hydrogen-bond acceptors (Lipinski definition) is 4. The van der Waals surface area contributed by atoms with Crippen molar-refractivity contribution < 1.29 is 18.3 Å². The van der Waals surface area contributed by atoms with Crippen molar-refractivity contribution in [2.75, 3.05) is 0 Å². The van der Waals surface area contributed by atoms with Gasteiger partial charge in [-0.3, -0.25) is 4.79 Å². The van der Waals surface area contributed by atoms with Crippen molar-refractivity contribution in [3.05, 3.63) is 29.3 Å². The van der Waals surface area contributed by atoms with Gasteiger partial charge in [-0.05, 0) is 37.6 Å². The number of benzene rings is 1. The van der Waals surface area contributed by atoms with E-state index in [1.54, 1.807) is 6.92 Å². The van der Waals surface area contributed by atoms with E-state index in [9.17, 15) is 13.2 Å². The minimum Gasteiger partial charge on any atom is -0.481 e. The van der Waals surface area contributed by atoms with Gasteiger partial charge in [0.25, 0.3) is 0 Å². The van der Waals surface area contributed by atoms with E-state index in [1.165, 1.54) is 25.1 Å². The molecule has 102 valence electrons. The van der Waals surface area contributed by atoms with E-state index in [1.807, 2.05) is 6.07 Å². The Balaban J connectivity index is 2.98. The lowest BCUT2D eigenvalue weighted by atomic mass is 10.1. The molecular formula is C12H14N2O4S. The maximum Gasteiger partial charge on any atom is 0.304 e. The first kappa shape index (κ1) is 15.1. The Morgan fingerprint density at radius 3 is 2.63 bits per heavy atom. The van der Waals surface area contributed by atoms with Crippen molar-refractivity contribution >= 4 is 16.0 Å². The molecule has 2 N–H and O–H groups in total. The smallest absolute Gasteiger partial charge is 0.304 e. The van der Waals surface area contributed by atoms with Gasteiger partial charge in [0.1, 0.15) is 0 Å².